The van der Waals surface area contributed by atoms with E-state index in [-0.39, 0.29) is 18.4 Å². The van der Waals surface area contributed by atoms with Crippen LogP contribution in [0.3, 0.4) is 0 Å². The summed E-state index contributed by atoms with van der Waals surface area (Å²) in [6.45, 7) is 4.05. The first-order chi connectivity index (χ1) is 16.6. The number of fused-ring (bicyclic) bond motifs is 2. The van der Waals surface area contributed by atoms with E-state index in [0.29, 0.717) is 61.2 Å². The van der Waals surface area contributed by atoms with Crippen LogP contribution in [0.2, 0.25) is 0 Å². The van der Waals surface area contributed by atoms with Gasteiger partial charge < -0.3 is 24.4 Å². The summed E-state index contributed by atoms with van der Waals surface area (Å²) in [6.07, 6.45) is 0.674. The van der Waals surface area contributed by atoms with E-state index in [2.05, 4.69) is 29.6 Å². The quantitative estimate of drug-likeness (QED) is 0.605. The average Bonchev–Trinajstić information content (AvgIpc) is 2.86. The van der Waals surface area contributed by atoms with Crippen molar-refractivity contribution in [3.05, 3.63) is 82.9 Å². The van der Waals surface area contributed by atoms with Gasteiger partial charge in [-0.15, -0.1) is 0 Å². The van der Waals surface area contributed by atoms with Gasteiger partial charge in [0.05, 0.1) is 0 Å². The van der Waals surface area contributed by atoms with Crippen LogP contribution in [0, 0.1) is 6.92 Å². The molecule has 3 aromatic rings. The lowest BCUT2D eigenvalue weighted by Crippen LogP contribution is -2.37. The first kappa shape index (κ1) is 21.8. The Kier molecular flexibility index (Phi) is 6.08. The maximum atomic E-state index is 13.1. The molecule has 1 N–H and O–H groups in total. The minimum absolute atomic E-state index is 0.0204. The van der Waals surface area contributed by atoms with Crippen LogP contribution in [0.4, 0.5) is 5.69 Å². The Morgan fingerprint density at radius 1 is 1.03 bits per heavy atom. The largest absolute Gasteiger partial charge is 0.486 e. The molecule has 174 valence electrons. The fourth-order valence-electron chi connectivity index (χ4n) is 4.20. The highest BCUT2D eigenvalue weighted by molar-refractivity contribution is 5.97. The van der Waals surface area contributed by atoms with Gasteiger partial charge in [-0.2, -0.15) is 0 Å². The number of hydrogen-bond acceptors (Lipinski definition) is 5. The normalized spacial score (nSPS) is 14.4. The summed E-state index contributed by atoms with van der Waals surface area (Å²) >= 11 is 0. The molecule has 0 unspecified atom stereocenters. The van der Waals surface area contributed by atoms with E-state index in [9.17, 15) is 9.59 Å². The van der Waals surface area contributed by atoms with Gasteiger partial charge in [0.1, 0.15) is 19.0 Å². The fraction of sp³-hybridized carbons (Fsp3) is 0.259. The molecule has 0 atom stereocenters. The highest BCUT2D eigenvalue weighted by atomic mass is 16.6. The second-order valence-electron chi connectivity index (χ2n) is 8.44. The summed E-state index contributed by atoms with van der Waals surface area (Å²) in [7, 11) is 0. The van der Waals surface area contributed by atoms with Crippen LogP contribution in [0.5, 0.6) is 17.2 Å². The third-order valence-corrected chi connectivity index (χ3v) is 5.96. The van der Waals surface area contributed by atoms with Crippen molar-refractivity contribution in [3.8, 4) is 17.2 Å². The first-order valence-electron chi connectivity index (χ1n) is 11.4. The second kappa shape index (κ2) is 9.47. The fourth-order valence-corrected chi connectivity index (χ4v) is 4.20. The van der Waals surface area contributed by atoms with Gasteiger partial charge in [-0.1, -0.05) is 35.9 Å². The number of nitrogens with zero attached hydrogens (tertiary/aromatic N) is 1. The van der Waals surface area contributed by atoms with Gasteiger partial charge in [0.15, 0.2) is 18.1 Å². The lowest BCUT2D eigenvalue weighted by molar-refractivity contribution is -0.118. The Hall–Kier alpha value is -4.00. The minimum atomic E-state index is -0.294. The molecule has 0 saturated carbocycles. The Labute approximate surface area is 198 Å². The summed E-state index contributed by atoms with van der Waals surface area (Å²) in [5.74, 6) is 1.52. The highest BCUT2D eigenvalue weighted by Gasteiger charge is 2.27. The van der Waals surface area contributed by atoms with Gasteiger partial charge in [-0.05, 0) is 43.2 Å². The molecule has 34 heavy (non-hydrogen) atoms. The van der Waals surface area contributed by atoms with Crippen LogP contribution in [-0.4, -0.2) is 43.1 Å². The number of carbonyl (C=O) groups is 2. The van der Waals surface area contributed by atoms with Crippen molar-refractivity contribution in [1.29, 1.82) is 0 Å². The summed E-state index contributed by atoms with van der Waals surface area (Å²) in [4.78, 5) is 27.4. The van der Waals surface area contributed by atoms with Gasteiger partial charge in [-0.3, -0.25) is 9.59 Å². The zero-order valence-corrected chi connectivity index (χ0v) is 19.0. The van der Waals surface area contributed by atoms with Gasteiger partial charge in [-0.25, -0.2) is 0 Å². The lowest BCUT2D eigenvalue weighted by atomic mass is 9.97. The van der Waals surface area contributed by atoms with Crippen molar-refractivity contribution in [3.63, 3.8) is 0 Å². The summed E-state index contributed by atoms with van der Waals surface area (Å²) in [5.41, 5.74) is 4.38. The standard InChI is InChI=1S/C27H26N2O5/c1-18-5-7-19(8-6-18)16-29-12-11-21-22(27(29)31)3-2-4-23(21)34-17-26(30)28-20-9-10-24-25(15-20)33-14-13-32-24/h2-10,15H,11-14,16-17H2,1H3,(H,28,30). The molecule has 0 saturated heterocycles. The van der Waals surface area contributed by atoms with E-state index in [1.807, 2.05) is 17.9 Å². The number of rotatable bonds is 6. The summed E-state index contributed by atoms with van der Waals surface area (Å²) in [5, 5.41) is 2.81. The summed E-state index contributed by atoms with van der Waals surface area (Å²) < 4.78 is 16.9. The van der Waals surface area contributed by atoms with E-state index in [1.54, 1.807) is 30.3 Å². The van der Waals surface area contributed by atoms with E-state index in [0.717, 1.165) is 11.1 Å². The molecular formula is C27H26N2O5. The van der Waals surface area contributed by atoms with E-state index >= 15 is 0 Å². The van der Waals surface area contributed by atoms with Crippen molar-refractivity contribution >= 4 is 17.5 Å². The molecule has 0 spiro atoms. The topological polar surface area (TPSA) is 77.1 Å². The van der Waals surface area contributed by atoms with Crippen molar-refractivity contribution in [2.45, 2.75) is 19.9 Å². The SMILES string of the molecule is Cc1ccc(CN2CCc3c(OCC(=O)Nc4ccc5c(c4)OCCO5)cccc3C2=O)cc1. The monoisotopic (exact) mass is 458 g/mol. The number of ether oxygens (including phenoxy) is 3. The number of anilines is 1. The molecule has 0 bridgehead atoms. The van der Waals surface area contributed by atoms with Crippen LogP contribution in [-0.2, 0) is 17.8 Å². The summed E-state index contributed by atoms with van der Waals surface area (Å²) in [6, 6.07) is 18.9. The zero-order valence-electron chi connectivity index (χ0n) is 19.0. The van der Waals surface area contributed by atoms with Crippen LogP contribution in [0.1, 0.15) is 27.0 Å². The van der Waals surface area contributed by atoms with Gasteiger partial charge >= 0.3 is 0 Å². The van der Waals surface area contributed by atoms with Crippen LogP contribution in [0.25, 0.3) is 0 Å². The van der Waals surface area contributed by atoms with Crippen molar-refractivity contribution < 1.29 is 23.8 Å². The van der Waals surface area contributed by atoms with Crippen molar-refractivity contribution in [1.82, 2.24) is 4.90 Å². The number of amides is 2. The Balaban J connectivity index is 1.22. The Morgan fingerprint density at radius 3 is 2.65 bits per heavy atom. The zero-order chi connectivity index (χ0) is 23.5. The molecule has 0 aromatic heterocycles. The lowest BCUT2D eigenvalue weighted by Gasteiger charge is -2.29. The molecular weight excluding hydrogens is 432 g/mol. The van der Waals surface area contributed by atoms with Crippen LogP contribution < -0.4 is 19.5 Å². The smallest absolute Gasteiger partial charge is 0.262 e. The number of benzene rings is 3. The van der Waals surface area contributed by atoms with E-state index in [4.69, 9.17) is 14.2 Å². The molecule has 0 aliphatic carbocycles. The molecule has 2 aliphatic heterocycles. The second-order valence-corrected chi connectivity index (χ2v) is 8.44. The molecule has 2 amide bonds. The van der Waals surface area contributed by atoms with E-state index < -0.39 is 0 Å². The number of hydrogen-bond donors (Lipinski definition) is 1. The molecule has 5 rings (SSSR count). The Bertz CT molecular complexity index is 1220. The number of carbonyl (C=O) groups excluding carboxylic acids is 2. The maximum absolute atomic E-state index is 13.1. The van der Waals surface area contributed by atoms with Crippen molar-refractivity contribution in [2.75, 3.05) is 31.7 Å². The molecule has 7 heteroatoms. The van der Waals surface area contributed by atoms with Gasteiger partial charge in [0.2, 0.25) is 0 Å². The first-order valence-corrected chi connectivity index (χ1v) is 11.4. The van der Waals surface area contributed by atoms with Crippen LogP contribution in [0.15, 0.2) is 60.7 Å². The minimum Gasteiger partial charge on any atom is -0.486 e. The predicted octanol–water partition coefficient (Wildman–Crippen LogP) is 3.98. The third-order valence-electron chi connectivity index (χ3n) is 5.96. The van der Waals surface area contributed by atoms with Crippen molar-refractivity contribution in [2.24, 2.45) is 0 Å². The molecule has 0 radical (unpaired) electrons. The van der Waals surface area contributed by atoms with Gasteiger partial charge in [0.25, 0.3) is 11.8 Å². The highest BCUT2D eigenvalue weighted by Crippen LogP contribution is 2.33. The maximum Gasteiger partial charge on any atom is 0.262 e. The van der Waals surface area contributed by atoms with E-state index in [1.165, 1.54) is 5.56 Å². The Morgan fingerprint density at radius 2 is 1.82 bits per heavy atom. The number of nitrogens with one attached hydrogen (secondary N) is 1. The van der Waals surface area contributed by atoms with Gasteiger partial charge in [0, 0.05) is 36.0 Å². The average molecular weight is 459 g/mol. The molecule has 0 fully saturated rings. The number of aryl methyl sites for hydroxylation is 1. The van der Waals surface area contributed by atoms with Crippen LogP contribution >= 0.6 is 0 Å². The third kappa shape index (κ3) is 4.69. The molecule has 7 nitrogen and oxygen atoms in total. The molecule has 2 aliphatic rings. The molecule has 3 aromatic carbocycles. The molecule has 2 heterocycles. The predicted molar refractivity (Wildman–Crippen MR) is 128 cm³/mol.